The molecule has 9 heterocycles. The van der Waals surface area contributed by atoms with Gasteiger partial charge in [0.25, 0.3) is 0 Å². The smallest absolute Gasteiger partial charge is 0.388 e. The summed E-state index contributed by atoms with van der Waals surface area (Å²) in [6, 6.07) is 6.98. The number of hydrogen-bond acceptors (Lipinski definition) is 21. The van der Waals surface area contributed by atoms with Crippen molar-refractivity contribution in [2.75, 3.05) is 19.8 Å². The van der Waals surface area contributed by atoms with Crippen molar-refractivity contribution in [1.82, 2.24) is 9.82 Å². The van der Waals surface area contributed by atoms with Gasteiger partial charge >= 0.3 is 546 Å². The molecule has 37 heteroatoms. The molecule has 528 valence electrons. The molecule has 3 aromatic carbocycles. The summed E-state index contributed by atoms with van der Waals surface area (Å²) < 4.78 is 226. The van der Waals surface area contributed by atoms with Gasteiger partial charge in [0.05, 0.1) is 0 Å². The number of aliphatic hydroxyl groups is 12. The molecule has 6 unspecified atom stereocenters. The van der Waals surface area contributed by atoms with Gasteiger partial charge in [-0.05, 0) is 0 Å². The van der Waals surface area contributed by atoms with E-state index in [0.717, 1.165) is 55.1 Å². The fourth-order valence-corrected chi connectivity index (χ4v) is 21.5. The summed E-state index contributed by atoms with van der Waals surface area (Å²) >= 11 is -5.92. The number of aromatic nitrogens is 3. The molecule has 6 aliphatic rings. The van der Waals surface area contributed by atoms with E-state index in [-0.39, 0.29) is 35.3 Å². The maximum absolute atomic E-state index is 17.5. The van der Waals surface area contributed by atoms with Crippen LogP contribution in [0.4, 0.5) is 52.7 Å². The minimum Gasteiger partial charge on any atom is -0.388 e. The van der Waals surface area contributed by atoms with Gasteiger partial charge in [0.15, 0.2) is 0 Å². The molecular formula is C63H51F12GaN6O15S3. The minimum absolute atomic E-state index is 0.185. The Morgan fingerprint density at radius 1 is 0.360 bits per heavy atom. The zero-order valence-corrected chi connectivity index (χ0v) is 55.2. The Kier molecular flexibility index (Phi) is 21.5. The van der Waals surface area contributed by atoms with E-state index in [2.05, 4.69) is 15.0 Å². The van der Waals surface area contributed by atoms with Gasteiger partial charge in [0, 0.05) is 0 Å². The van der Waals surface area contributed by atoms with Gasteiger partial charge in [-0.2, -0.15) is 0 Å². The molecule has 3 saturated heterocycles. The second kappa shape index (κ2) is 29.5. The quantitative estimate of drug-likeness (QED) is 0.0319. The summed E-state index contributed by atoms with van der Waals surface area (Å²) in [5.74, 6) is -25.9. The molecule has 0 aliphatic carbocycles. The first-order valence-electron chi connectivity index (χ1n) is 29.6. The summed E-state index contributed by atoms with van der Waals surface area (Å²) in [7, 11) is 0. The number of aliphatic hydroxyl groups excluding tert-OH is 12. The van der Waals surface area contributed by atoms with Crippen molar-refractivity contribution in [1.29, 1.82) is 0 Å². The molecule has 6 aliphatic heterocycles. The third-order valence-corrected chi connectivity index (χ3v) is 26.6. The van der Waals surface area contributed by atoms with Crippen molar-refractivity contribution in [3.05, 3.63) is 212 Å². The SMILES string of the molecule is OCC1O[C@@H](Sc2c(F)c(F)c(/C(=C3\C=CC=N3)c3ccc[n]3[Ga]([n]3cccc3/C(=C3/C=CC=N3)c3c(F)c(F)c(S[C@@H]4OC(CO)[C@@H](O)[C@H](O)C4O)c(F)c3F)[n]3cccc3/C(=C3/C=CC=N3)c3c(F)c(F)c(S[C@@H]4OC(CO)[C@@H](O)[C@H](O)C4O)c(F)c3F)c(F)c2F)C(O)[C@@H](O)[C@@H]1O. The predicted molar refractivity (Wildman–Crippen MR) is 334 cm³/mol. The molecule has 12 N–H and O–H groups in total. The molecule has 0 bridgehead atoms. The Bertz CT molecular complexity index is 3960. The monoisotopic (exact) mass is 1520 g/mol. The van der Waals surface area contributed by atoms with E-state index in [0.29, 0.717) is 0 Å². The number of rotatable bonds is 18. The molecule has 3 aromatic heterocycles. The standard InChI is InChI=1S/3C21H17F4N2O5S.Ga/c3*22-13-12(11(8-3-1-5-26-8)9-4-2-6-27-9)14(23)16(25)20(15(13)24)33-21-19(31)18(30)17(29)10(7-28)32-21;/h3*1-6,10,17-19,21,28-31H,7H2;/q3*-1;+3/b3*11-8+;/t3*10?,17-,18+,19?,21+;/m111./s1. The fourth-order valence-electron chi connectivity index (χ4n) is 12.0. The third kappa shape index (κ3) is 12.6. The van der Waals surface area contributed by atoms with Crippen LogP contribution in [0.25, 0.3) is 16.7 Å². The Morgan fingerprint density at radius 2 is 0.600 bits per heavy atom. The Labute approximate surface area is 573 Å². The summed E-state index contributed by atoms with van der Waals surface area (Å²) in [6.45, 7) is -3.05. The van der Waals surface area contributed by atoms with E-state index >= 15 is 52.7 Å². The van der Waals surface area contributed by atoms with Crippen LogP contribution in [0.2, 0.25) is 0 Å². The topological polar surface area (TPSA) is 322 Å². The number of allylic oxidation sites excluding steroid dienone is 6. The Hall–Kier alpha value is -6.80. The molecule has 21 nitrogen and oxygen atoms in total. The van der Waals surface area contributed by atoms with E-state index in [1.807, 2.05) is 0 Å². The summed E-state index contributed by atoms with van der Waals surface area (Å²) in [4.78, 5) is 8.14. The zero-order chi connectivity index (χ0) is 71.8. The van der Waals surface area contributed by atoms with Crippen LogP contribution in [0.15, 0.2) is 138 Å². The van der Waals surface area contributed by atoms with Crippen LogP contribution in [0.5, 0.6) is 0 Å². The van der Waals surface area contributed by atoms with Gasteiger partial charge in [-0.1, -0.05) is 0 Å². The van der Waals surface area contributed by atoms with Crippen molar-refractivity contribution in [2.24, 2.45) is 15.0 Å². The van der Waals surface area contributed by atoms with Crippen LogP contribution in [0, 0.1) is 69.8 Å². The zero-order valence-electron chi connectivity index (χ0n) is 50.3. The number of halogens is 12. The molecule has 3 fully saturated rings. The number of hydrogen-bond donors (Lipinski definition) is 12. The van der Waals surface area contributed by atoms with E-state index in [9.17, 15) is 61.3 Å². The van der Waals surface area contributed by atoms with E-state index in [4.69, 9.17) is 14.2 Å². The number of aliphatic imine (C=N–C) groups is 3. The van der Waals surface area contributed by atoms with Gasteiger partial charge in [-0.15, -0.1) is 0 Å². The van der Waals surface area contributed by atoms with Crippen molar-refractivity contribution >= 4 is 87.6 Å². The first kappa shape index (κ1) is 73.0. The van der Waals surface area contributed by atoms with Gasteiger partial charge < -0.3 is 30.6 Å². The fraction of sp³-hybridized carbons (Fsp3) is 0.286. The maximum atomic E-state index is 17.5. The van der Waals surface area contributed by atoms with Crippen molar-refractivity contribution < 1.29 is 128 Å². The van der Waals surface area contributed by atoms with Crippen LogP contribution < -0.4 is 0 Å². The van der Waals surface area contributed by atoms with E-state index in [1.54, 1.807) is 0 Å². The van der Waals surface area contributed by atoms with Crippen LogP contribution in [-0.4, -0.2) is 216 Å². The van der Waals surface area contributed by atoms with Crippen molar-refractivity contribution in [3.8, 4) is 0 Å². The summed E-state index contributed by atoms with van der Waals surface area (Å²) in [5, 5.41) is 124. The summed E-state index contributed by atoms with van der Waals surface area (Å²) in [5.41, 5.74) is -15.8. The van der Waals surface area contributed by atoms with Gasteiger partial charge in [-0.25, -0.2) is 0 Å². The molecule has 100 heavy (non-hydrogen) atoms. The molecule has 0 amide bonds. The molecule has 0 radical (unpaired) electrons. The van der Waals surface area contributed by atoms with Gasteiger partial charge in [-0.3, -0.25) is 0 Å². The Balaban J connectivity index is 1.08. The average Bonchev–Trinajstić information content (AvgIpc) is 1.43. The van der Waals surface area contributed by atoms with Crippen molar-refractivity contribution in [3.63, 3.8) is 0 Å². The van der Waals surface area contributed by atoms with Crippen LogP contribution in [0.1, 0.15) is 33.8 Å². The Morgan fingerprint density at radius 3 is 0.810 bits per heavy atom. The molecule has 0 saturated carbocycles. The normalized spacial score (nSPS) is 28.7. The summed E-state index contributed by atoms with van der Waals surface area (Å²) in [6.07, 6.45) is -9.97. The van der Waals surface area contributed by atoms with Crippen LogP contribution in [-0.2, 0) is 14.2 Å². The van der Waals surface area contributed by atoms with Gasteiger partial charge in [0.1, 0.15) is 0 Å². The van der Waals surface area contributed by atoms with Crippen molar-refractivity contribution in [2.45, 2.75) is 104 Å². The molecule has 15 atom stereocenters. The second-order valence-electron chi connectivity index (χ2n) is 22.8. The van der Waals surface area contributed by atoms with Crippen LogP contribution in [0.3, 0.4) is 0 Å². The number of benzene rings is 3. The molecular weight excluding hydrogens is 1470 g/mol. The third-order valence-electron chi connectivity index (χ3n) is 16.9. The minimum atomic E-state index is -5.36. The van der Waals surface area contributed by atoms with Gasteiger partial charge in [0.2, 0.25) is 0 Å². The number of thioether (sulfide) groups is 3. The number of nitrogens with zero attached hydrogens (tertiary/aromatic N) is 6. The van der Waals surface area contributed by atoms with E-state index in [1.165, 1.54) is 64.8 Å². The molecule has 0 spiro atoms. The predicted octanol–water partition coefficient (Wildman–Crippen LogP) is 4.57. The first-order chi connectivity index (χ1) is 47.8. The number of ether oxygens (including phenoxy) is 3. The first-order valence-corrected chi connectivity index (χ1v) is 35.5. The van der Waals surface area contributed by atoms with E-state index < -0.39 is 278 Å². The second-order valence-corrected chi connectivity index (χ2v) is 31.0. The average molecular weight is 1530 g/mol. The molecule has 12 rings (SSSR count). The molecule has 6 aromatic rings. The van der Waals surface area contributed by atoms with Crippen LogP contribution >= 0.6 is 35.3 Å².